The maximum Gasteiger partial charge on any atom is 0.257 e. The monoisotopic (exact) mass is 269 g/mol. The lowest BCUT2D eigenvalue weighted by molar-refractivity contribution is -0.131. The van der Waals surface area contributed by atoms with Crippen LogP contribution in [-0.2, 0) is 11.2 Å². The van der Waals surface area contributed by atoms with E-state index < -0.39 is 11.5 Å². The standard InChI is InChI=1S/C13H16FNO2S/c1-2-9-3-4-10(7-11(9)14)15-12(16)13(17)5-6-18-8-13/h3-4,7,17H,2,5-6,8H2,1H3,(H,15,16). The molecular weight excluding hydrogens is 253 g/mol. The van der Waals surface area contributed by atoms with Crippen LogP contribution >= 0.6 is 11.8 Å². The van der Waals surface area contributed by atoms with Gasteiger partial charge < -0.3 is 10.4 Å². The van der Waals surface area contributed by atoms with Crippen molar-refractivity contribution >= 4 is 23.4 Å². The van der Waals surface area contributed by atoms with E-state index in [2.05, 4.69) is 5.32 Å². The molecular formula is C13H16FNO2S. The fraction of sp³-hybridized carbons (Fsp3) is 0.462. The summed E-state index contributed by atoms with van der Waals surface area (Å²) < 4.78 is 13.6. The number of hydrogen-bond donors (Lipinski definition) is 2. The van der Waals surface area contributed by atoms with E-state index in [1.54, 1.807) is 23.9 Å². The molecule has 98 valence electrons. The molecule has 1 unspecified atom stereocenters. The zero-order valence-electron chi connectivity index (χ0n) is 10.2. The van der Waals surface area contributed by atoms with Crippen LogP contribution in [0.2, 0.25) is 0 Å². The van der Waals surface area contributed by atoms with Crippen molar-refractivity contribution in [3.63, 3.8) is 0 Å². The molecule has 1 aromatic rings. The van der Waals surface area contributed by atoms with Crippen LogP contribution in [0.3, 0.4) is 0 Å². The van der Waals surface area contributed by atoms with E-state index in [1.807, 2.05) is 6.92 Å². The van der Waals surface area contributed by atoms with Crippen molar-refractivity contribution in [2.75, 3.05) is 16.8 Å². The number of thioether (sulfide) groups is 1. The van der Waals surface area contributed by atoms with Crippen LogP contribution in [0.1, 0.15) is 18.9 Å². The molecule has 1 amide bonds. The van der Waals surface area contributed by atoms with Gasteiger partial charge in [0, 0.05) is 11.4 Å². The Hall–Kier alpha value is -1.07. The van der Waals surface area contributed by atoms with Crippen LogP contribution in [-0.4, -0.2) is 28.1 Å². The summed E-state index contributed by atoms with van der Waals surface area (Å²) in [6, 6.07) is 4.60. The summed E-state index contributed by atoms with van der Waals surface area (Å²) in [6.45, 7) is 1.87. The summed E-state index contributed by atoms with van der Waals surface area (Å²) >= 11 is 1.54. The maximum atomic E-state index is 13.6. The van der Waals surface area contributed by atoms with Crippen LogP contribution in [0.4, 0.5) is 10.1 Å². The smallest absolute Gasteiger partial charge is 0.257 e. The lowest BCUT2D eigenvalue weighted by Crippen LogP contribution is -2.42. The van der Waals surface area contributed by atoms with Gasteiger partial charge in [0.25, 0.3) is 5.91 Å². The van der Waals surface area contributed by atoms with Crippen LogP contribution in [0.5, 0.6) is 0 Å². The number of anilines is 1. The summed E-state index contributed by atoms with van der Waals surface area (Å²) in [5, 5.41) is 12.6. The average Bonchev–Trinajstić information content (AvgIpc) is 2.78. The highest BCUT2D eigenvalue weighted by Crippen LogP contribution is 2.29. The van der Waals surface area contributed by atoms with Gasteiger partial charge in [0.2, 0.25) is 0 Å². The average molecular weight is 269 g/mol. The van der Waals surface area contributed by atoms with E-state index in [-0.39, 0.29) is 5.82 Å². The first kappa shape index (κ1) is 13.4. The molecule has 1 aliphatic rings. The van der Waals surface area contributed by atoms with Gasteiger partial charge in [-0.25, -0.2) is 4.39 Å². The highest BCUT2D eigenvalue weighted by Gasteiger charge is 2.39. The van der Waals surface area contributed by atoms with Gasteiger partial charge in [0.15, 0.2) is 5.60 Å². The molecule has 0 bridgehead atoms. The van der Waals surface area contributed by atoms with Crippen LogP contribution in [0.25, 0.3) is 0 Å². The van der Waals surface area contributed by atoms with Crippen molar-refractivity contribution in [3.8, 4) is 0 Å². The molecule has 1 atom stereocenters. The van der Waals surface area contributed by atoms with Crippen molar-refractivity contribution in [2.45, 2.75) is 25.4 Å². The Morgan fingerprint density at radius 3 is 2.94 bits per heavy atom. The molecule has 0 saturated carbocycles. The van der Waals surface area contributed by atoms with Gasteiger partial charge in [-0.3, -0.25) is 4.79 Å². The van der Waals surface area contributed by atoms with Crippen molar-refractivity contribution in [1.82, 2.24) is 0 Å². The highest BCUT2D eigenvalue weighted by atomic mass is 32.2. The number of aryl methyl sites for hydroxylation is 1. The number of carbonyl (C=O) groups excluding carboxylic acids is 1. The van der Waals surface area contributed by atoms with E-state index in [0.717, 1.165) is 5.75 Å². The Morgan fingerprint density at radius 1 is 1.61 bits per heavy atom. The molecule has 2 rings (SSSR count). The fourth-order valence-corrected chi connectivity index (χ4v) is 3.13. The van der Waals surface area contributed by atoms with Gasteiger partial charge >= 0.3 is 0 Å². The topological polar surface area (TPSA) is 49.3 Å². The van der Waals surface area contributed by atoms with E-state index in [1.165, 1.54) is 6.07 Å². The van der Waals surface area contributed by atoms with Crippen molar-refractivity contribution in [1.29, 1.82) is 0 Å². The van der Waals surface area contributed by atoms with Crippen LogP contribution in [0.15, 0.2) is 18.2 Å². The number of amides is 1. The minimum absolute atomic E-state index is 0.330. The molecule has 0 spiro atoms. The third-order valence-electron chi connectivity index (χ3n) is 3.12. The third kappa shape index (κ3) is 2.67. The Labute approximate surface area is 110 Å². The maximum absolute atomic E-state index is 13.6. The zero-order chi connectivity index (χ0) is 13.2. The van der Waals surface area contributed by atoms with Gasteiger partial charge in [-0.05, 0) is 36.3 Å². The Kier molecular flexibility index (Phi) is 3.92. The minimum Gasteiger partial charge on any atom is -0.379 e. The number of benzene rings is 1. The lowest BCUT2D eigenvalue weighted by atomic mass is 10.0. The first-order valence-corrected chi connectivity index (χ1v) is 7.10. The Balaban J connectivity index is 2.09. The third-order valence-corrected chi connectivity index (χ3v) is 4.29. The summed E-state index contributed by atoms with van der Waals surface area (Å²) in [6.07, 6.45) is 1.06. The fourth-order valence-electron chi connectivity index (χ4n) is 1.89. The van der Waals surface area contributed by atoms with Gasteiger partial charge in [-0.1, -0.05) is 13.0 Å². The number of rotatable bonds is 3. The molecule has 1 saturated heterocycles. The molecule has 18 heavy (non-hydrogen) atoms. The summed E-state index contributed by atoms with van der Waals surface area (Å²) in [5.41, 5.74) is -0.312. The first-order chi connectivity index (χ1) is 8.55. The largest absolute Gasteiger partial charge is 0.379 e. The number of carbonyl (C=O) groups is 1. The normalized spacial score (nSPS) is 23.1. The van der Waals surface area contributed by atoms with Crippen molar-refractivity contribution in [2.24, 2.45) is 0 Å². The molecule has 1 aliphatic heterocycles. The Morgan fingerprint density at radius 2 is 2.39 bits per heavy atom. The highest BCUT2D eigenvalue weighted by molar-refractivity contribution is 7.99. The molecule has 0 radical (unpaired) electrons. The van der Waals surface area contributed by atoms with E-state index in [9.17, 15) is 14.3 Å². The Bertz CT molecular complexity index is 458. The van der Waals surface area contributed by atoms with Gasteiger partial charge in [0.05, 0.1) is 0 Å². The minimum atomic E-state index is -1.31. The van der Waals surface area contributed by atoms with Crippen LogP contribution in [0, 0.1) is 5.82 Å². The molecule has 0 aromatic heterocycles. The van der Waals surface area contributed by atoms with E-state index in [0.29, 0.717) is 29.8 Å². The SMILES string of the molecule is CCc1ccc(NC(=O)C2(O)CCSC2)cc1F. The van der Waals surface area contributed by atoms with E-state index >= 15 is 0 Å². The molecule has 0 aliphatic carbocycles. The second-order valence-corrected chi connectivity index (χ2v) is 5.55. The first-order valence-electron chi connectivity index (χ1n) is 5.95. The molecule has 5 heteroatoms. The molecule has 1 aromatic carbocycles. The molecule has 2 N–H and O–H groups in total. The van der Waals surface area contributed by atoms with Crippen molar-refractivity contribution in [3.05, 3.63) is 29.6 Å². The second kappa shape index (κ2) is 5.28. The second-order valence-electron chi connectivity index (χ2n) is 4.45. The predicted molar refractivity (Wildman–Crippen MR) is 71.3 cm³/mol. The van der Waals surface area contributed by atoms with Gasteiger partial charge in [-0.2, -0.15) is 11.8 Å². The van der Waals surface area contributed by atoms with Crippen molar-refractivity contribution < 1.29 is 14.3 Å². The predicted octanol–water partition coefficient (Wildman–Crippen LogP) is 2.19. The number of halogens is 1. The molecule has 1 heterocycles. The molecule has 1 fully saturated rings. The number of nitrogens with one attached hydrogen (secondary N) is 1. The summed E-state index contributed by atoms with van der Waals surface area (Å²) in [7, 11) is 0. The van der Waals surface area contributed by atoms with Gasteiger partial charge in [0.1, 0.15) is 5.82 Å². The molecule has 3 nitrogen and oxygen atoms in total. The lowest BCUT2D eigenvalue weighted by Gasteiger charge is -2.20. The summed E-state index contributed by atoms with van der Waals surface area (Å²) in [4.78, 5) is 11.9. The summed E-state index contributed by atoms with van der Waals surface area (Å²) in [5.74, 6) is 0.390. The quantitative estimate of drug-likeness (QED) is 0.884. The van der Waals surface area contributed by atoms with Gasteiger partial charge in [-0.15, -0.1) is 0 Å². The zero-order valence-corrected chi connectivity index (χ0v) is 11.0. The number of aliphatic hydroxyl groups is 1. The number of hydrogen-bond acceptors (Lipinski definition) is 3. The van der Waals surface area contributed by atoms with E-state index in [4.69, 9.17) is 0 Å². The van der Waals surface area contributed by atoms with Crippen LogP contribution < -0.4 is 5.32 Å².